The molecule has 0 bridgehead atoms. The summed E-state index contributed by atoms with van der Waals surface area (Å²) in [5.41, 5.74) is 0. The van der Waals surface area contributed by atoms with Crippen LogP contribution in [0.4, 0.5) is 0 Å². The molecule has 0 saturated heterocycles. The Labute approximate surface area is 65.7 Å². The molecule has 0 rings (SSSR count). The number of rotatable bonds is 0. The summed E-state index contributed by atoms with van der Waals surface area (Å²) in [4.78, 5) is 0. The standard InChI is InChI=1S/4B.Pa/q4*-1;. The molecule has 0 aromatic heterocycles. The van der Waals surface area contributed by atoms with Crippen LogP contribution in [0.2, 0.25) is 0 Å². The van der Waals surface area contributed by atoms with Gasteiger partial charge in [0.25, 0.3) is 0 Å². The van der Waals surface area contributed by atoms with Crippen molar-refractivity contribution in [1.29, 1.82) is 0 Å². The number of hydrogen-bond donors (Lipinski definition) is 0. The second kappa shape index (κ2) is 55.5. The molecule has 0 unspecified atom stereocenters. The van der Waals surface area contributed by atoms with Gasteiger partial charge in [0, 0.05) is 32.3 Å². The first-order valence-corrected chi connectivity index (χ1v) is 0. The molecule has 0 aliphatic carbocycles. The Morgan fingerprint density at radius 2 is 0.400 bits per heavy atom. The van der Waals surface area contributed by atoms with Crippen LogP contribution in [-0.4, -0.2) is 33.7 Å². The van der Waals surface area contributed by atoms with Crippen LogP contribution >= 0.6 is 0 Å². The average molecular weight is 274 g/mol. The summed E-state index contributed by atoms with van der Waals surface area (Å²) in [5.74, 6) is 0. The second-order valence-electron chi connectivity index (χ2n) is 0. The van der Waals surface area contributed by atoms with Crippen molar-refractivity contribution < 1.29 is 32.3 Å². The van der Waals surface area contributed by atoms with Crippen molar-refractivity contribution in [3.8, 4) is 0 Å². The third kappa shape index (κ3) is 32.9. The third-order valence-corrected chi connectivity index (χ3v) is 0. The first-order valence-electron chi connectivity index (χ1n) is 0. The van der Waals surface area contributed by atoms with Crippen molar-refractivity contribution in [2.24, 2.45) is 0 Å². The van der Waals surface area contributed by atoms with E-state index >= 15 is 0 Å². The van der Waals surface area contributed by atoms with Gasteiger partial charge in [-0.25, -0.2) is 0 Å². The van der Waals surface area contributed by atoms with Crippen molar-refractivity contribution in [2.45, 2.75) is 0 Å². The van der Waals surface area contributed by atoms with Gasteiger partial charge in [-0.2, -0.15) is 0 Å². The third-order valence-electron chi connectivity index (χ3n) is 0. The summed E-state index contributed by atoms with van der Waals surface area (Å²) in [7, 11) is 0. The predicted octanol–water partition coefficient (Wildman–Crippen LogP) is -1.52. The van der Waals surface area contributed by atoms with E-state index in [1.54, 1.807) is 0 Å². The average Bonchev–Trinajstić information content (AvgIpc) is 0. The molecule has 0 amide bonds. The minimum Gasteiger partial charge on any atom is -1.00 e. The SMILES string of the molecule is [B-].[B-].[B-].[B-].[Pa]. The normalized spacial score (nSPS) is 0. The smallest absolute Gasteiger partial charge is 0 e. The van der Waals surface area contributed by atoms with E-state index in [9.17, 15) is 0 Å². The zero-order chi connectivity index (χ0) is 0. The van der Waals surface area contributed by atoms with E-state index in [1.807, 2.05) is 0 Å². The second-order valence-corrected chi connectivity index (χ2v) is 0. The fourth-order valence-corrected chi connectivity index (χ4v) is 0. The Kier molecular flexibility index (Phi) is 1110. The molecule has 0 heterocycles. The molecule has 5 heavy (non-hydrogen) atoms. The number of hydrogen-bond acceptors (Lipinski definition) is 0. The van der Waals surface area contributed by atoms with Crippen LogP contribution in [0.25, 0.3) is 0 Å². The van der Waals surface area contributed by atoms with Gasteiger partial charge in [-0.05, 0) is 0 Å². The summed E-state index contributed by atoms with van der Waals surface area (Å²) in [6, 6.07) is 0. The first-order chi connectivity index (χ1) is 0. The van der Waals surface area contributed by atoms with Crippen LogP contribution in [0.5, 0.6) is 0 Å². The molecule has 0 N–H and O–H groups in total. The molecule has 17 radical (unpaired) electrons. The van der Waals surface area contributed by atoms with Crippen molar-refractivity contribution in [1.82, 2.24) is 0 Å². The van der Waals surface area contributed by atoms with Crippen molar-refractivity contribution in [2.75, 3.05) is 0 Å². The maximum absolute atomic E-state index is 0. The van der Waals surface area contributed by atoms with Gasteiger partial charge >= 0.3 is 0 Å². The fraction of sp³-hybridized carbons (Fsp3) is 0. The van der Waals surface area contributed by atoms with Gasteiger partial charge in [0.1, 0.15) is 0 Å². The zero-order valence-electron chi connectivity index (χ0n) is 2.89. The molecule has 19 valence electrons. The Hall–Kier alpha value is 1.35. The molecular weight excluding hydrogens is 274 g/mol. The van der Waals surface area contributed by atoms with E-state index in [0.717, 1.165) is 0 Å². The Balaban J connectivity index is 0. The van der Waals surface area contributed by atoms with Crippen molar-refractivity contribution in [3.05, 3.63) is 0 Å². The topological polar surface area (TPSA) is 0 Å². The summed E-state index contributed by atoms with van der Waals surface area (Å²) in [6.07, 6.45) is 0. The molecule has 0 aromatic rings. The molecule has 5 heteroatoms. The van der Waals surface area contributed by atoms with E-state index in [1.165, 1.54) is 0 Å². The van der Waals surface area contributed by atoms with Crippen molar-refractivity contribution in [3.63, 3.8) is 0 Å². The molecule has 0 fully saturated rings. The van der Waals surface area contributed by atoms with E-state index < -0.39 is 0 Å². The maximum atomic E-state index is 0. The predicted molar refractivity (Wildman–Crippen MR) is 23.0 cm³/mol. The molecular formula is B4Pa-4. The van der Waals surface area contributed by atoms with E-state index in [-0.39, 0.29) is 66.0 Å². The van der Waals surface area contributed by atoms with Gasteiger partial charge in [-0.3, -0.25) is 0 Å². The molecule has 0 spiro atoms. The van der Waals surface area contributed by atoms with Gasteiger partial charge in [-0.1, -0.05) is 0 Å². The minimum absolute atomic E-state index is 0. The van der Waals surface area contributed by atoms with E-state index in [4.69, 9.17) is 0 Å². The van der Waals surface area contributed by atoms with Crippen LogP contribution in [0.15, 0.2) is 0 Å². The Morgan fingerprint density at radius 3 is 0.400 bits per heavy atom. The van der Waals surface area contributed by atoms with E-state index in [2.05, 4.69) is 0 Å². The van der Waals surface area contributed by atoms with Gasteiger partial charge in [0.05, 0.1) is 0 Å². The van der Waals surface area contributed by atoms with Gasteiger partial charge in [0.15, 0.2) is 0 Å². The minimum atomic E-state index is 0. The largest absolute Gasteiger partial charge is 1.00 e. The molecule has 0 aliphatic rings. The maximum Gasteiger partial charge on any atom is 0 e. The summed E-state index contributed by atoms with van der Waals surface area (Å²) >= 11 is 0. The Morgan fingerprint density at radius 1 is 0.400 bits per heavy atom. The summed E-state index contributed by atoms with van der Waals surface area (Å²) in [6.45, 7) is 0. The van der Waals surface area contributed by atoms with Gasteiger partial charge in [-0.15, -0.1) is 0 Å². The Bertz CT molecular complexity index is 3.61. The monoisotopic (exact) mass is 275 g/mol. The fourth-order valence-electron chi connectivity index (χ4n) is 0. The zero-order valence-corrected chi connectivity index (χ0v) is 7.69. The quantitative estimate of drug-likeness (QED) is 0.471. The van der Waals surface area contributed by atoms with E-state index in [0.29, 0.717) is 0 Å². The van der Waals surface area contributed by atoms with Gasteiger partial charge in [0.2, 0.25) is 0 Å². The van der Waals surface area contributed by atoms with Crippen LogP contribution in [-0.2, 0) is 0 Å². The molecule has 0 atom stereocenters. The first kappa shape index (κ1) is 99.7. The summed E-state index contributed by atoms with van der Waals surface area (Å²) in [5, 5.41) is 0. The van der Waals surface area contributed by atoms with Crippen LogP contribution in [0.3, 0.4) is 0 Å². The van der Waals surface area contributed by atoms with Crippen molar-refractivity contribution >= 4 is 33.7 Å². The molecule has 0 aromatic carbocycles. The van der Waals surface area contributed by atoms with Crippen LogP contribution in [0, 0.1) is 32.3 Å². The van der Waals surface area contributed by atoms with Gasteiger partial charge < -0.3 is 33.7 Å². The van der Waals surface area contributed by atoms with Crippen LogP contribution < -0.4 is 0 Å². The molecule has 0 saturated carbocycles. The molecule has 0 aliphatic heterocycles. The molecule has 0 nitrogen and oxygen atoms in total. The van der Waals surface area contributed by atoms with Crippen LogP contribution in [0.1, 0.15) is 0 Å². The summed E-state index contributed by atoms with van der Waals surface area (Å²) < 4.78 is 0.